The molecule has 2 heterocycles. The summed E-state index contributed by atoms with van der Waals surface area (Å²) >= 11 is 1.99. The summed E-state index contributed by atoms with van der Waals surface area (Å²) in [6, 6.07) is 11.6. The molecule has 0 aliphatic carbocycles. The normalized spacial score (nSPS) is 23.9. The SMILES string of the molecule is c1ccc(SCCN2CCCCC2CCN2CCOCC2)cc1. The number of ether oxygens (including phenoxy) is 1. The molecule has 1 unspecified atom stereocenters. The molecular formula is C19H30N2OS. The molecule has 0 saturated carbocycles. The van der Waals surface area contributed by atoms with Crippen LogP contribution in [0.25, 0.3) is 0 Å². The maximum absolute atomic E-state index is 5.45. The topological polar surface area (TPSA) is 15.7 Å². The Hall–Kier alpha value is -0.550. The average molecular weight is 335 g/mol. The number of morpholine rings is 1. The third kappa shape index (κ3) is 5.79. The smallest absolute Gasteiger partial charge is 0.0594 e. The Morgan fingerprint density at radius 3 is 2.65 bits per heavy atom. The summed E-state index contributed by atoms with van der Waals surface area (Å²) in [6.07, 6.45) is 5.51. The van der Waals surface area contributed by atoms with E-state index in [1.807, 2.05) is 11.8 Å². The van der Waals surface area contributed by atoms with Gasteiger partial charge in [-0.15, -0.1) is 11.8 Å². The standard InChI is InChI=1S/C19H30N2OS/c1-2-7-19(8-3-1)23-17-14-21-10-5-4-6-18(21)9-11-20-12-15-22-16-13-20/h1-3,7-8,18H,4-6,9-17H2. The zero-order valence-corrected chi connectivity index (χ0v) is 15.0. The highest BCUT2D eigenvalue weighted by molar-refractivity contribution is 7.99. The van der Waals surface area contributed by atoms with Crippen LogP contribution in [0.4, 0.5) is 0 Å². The van der Waals surface area contributed by atoms with Gasteiger partial charge in [0.15, 0.2) is 0 Å². The van der Waals surface area contributed by atoms with Crippen LogP contribution in [0.1, 0.15) is 25.7 Å². The molecule has 1 aromatic rings. The van der Waals surface area contributed by atoms with Gasteiger partial charge < -0.3 is 4.74 Å². The molecule has 0 N–H and O–H groups in total. The van der Waals surface area contributed by atoms with Gasteiger partial charge in [0.25, 0.3) is 0 Å². The van der Waals surface area contributed by atoms with E-state index in [0.29, 0.717) is 0 Å². The van der Waals surface area contributed by atoms with E-state index in [-0.39, 0.29) is 0 Å². The summed E-state index contributed by atoms with van der Waals surface area (Å²) in [6.45, 7) is 7.85. The van der Waals surface area contributed by atoms with E-state index < -0.39 is 0 Å². The minimum Gasteiger partial charge on any atom is -0.379 e. The van der Waals surface area contributed by atoms with Crippen LogP contribution in [0.15, 0.2) is 35.2 Å². The van der Waals surface area contributed by atoms with E-state index in [9.17, 15) is 0 Å². The molecular weight excluding hydrogens is 304 g/mol. The molecule has 2 saturated heterocycles. The van der Waals surface area contributed by atoms with Crippen molar-refractivity contribution < 1.29 is 4.74 Å². The molecule has 2 fully saturated rings. The second-order valence-corrected chi connectivity index (χ2v) is 7.76. The van der Waals surface area contributed by atoms with Gasteiger partial charge in [-0.1, -0.05) is 24.6 Å². The van der Waals surface area contributed by atoms with E-state index in [1.54, 1.807) is 0 Å². The highest BCUT2D eigenvalue weighted by atomic mass is 32.2. The Morgan fingerprint density at radius 1 is 1.00 bits per heavy atom. The second kappa shape index (κ2) is 9.67. The lowest BCUT2D eigenvalue weighted by atomic mass is 9.99. The number of nitrogens with zero attached hydrogens (tertiary/aromatic N) is 2. The Bertz CT molecular complexity index is 436. The third-order valence-corrected chi connectivity index (χ3v) is 6.01. The van der Waals surface area contributed by atoms with Crippen molar-refractivity contribution >= 4 is 11.8 Å². The van der Waals surface area contributed by atoms with Gasteiger partial charge in [0.1, 0.15) is 0 Å². The lowest BCUT2D eigenvalue weighted by Gasteiger charge is -2.37. The summed E-state index contributed by atoms with van der Waals surface area (Å²) in [7, 11) is 0. The van der Waals surface area contributed by atoms with Gasteiger partial charge in [0, 0.05) is 36.3 Å². The van der Waals surface area contributed by atoms with Gasteiger partial charge in [-0.3, -0.25) is 9.80 Å². The molecule has 0 aromatic heterocycles. The molecule has 1 aromatic carbocycles. The van der Waals surface area contributed by atoms with E-state index in [2.05, 4.69) is 40.1 Å². The number of likely N-dealkylation sites (tertiary alicyclic amines) is 1. The number of hydrogen-bond acceptors (Lipinski definition) is 4. The van der Waals surface area contributed by atoms with E-state index in [1.165, 1.54) is 56.0 Å². The fourth-order valence-electron chi connectivity index (χ4n) is 3.64. The van der Waals surface area contributed by atoms with Crippen molar-refractivity contribution in [3.63, 3.8) is 0 Å². The zero-order chi connectivity index (χ0) is 15.7. The van der Waals surface area contributed by atoms with Crippen molar-refractivity contribution in [2.75, 3.05) is 51.7 Å². The summed E-state index contributed by atoms with van der Waals surface area (Å²) in [5, 5.41) is 0. The lowest BCUT2D eigenvalue weighted by molar-refractivity contribution is 0.0312. The van der Waals surface area contributed by atoms with Crippen molar-refractivity contribution in [3.8, 4) is 0 Å². The first kappa shape index (κ1) is 17.3. The van der Waals surface area contributed by atoms with Crippen LogP contribution in [-0.4, -0.2) is 67.5 Å². The molecule has 0 bridgehead atoms. The first-order valence-corrected chi connectivity index (χ1v) is 10.1. The Kier molecular flexibility index (Phi) is 7.27. The molecule has 2 aliphatic heterocycles. The Balaban J connectivity index is 1.40. The number of benzene rings is 1. The minimum atomic E-state index is 0.794. The number of piperidine rings is 1. The van der Waals surface area contributed by atoms with Gasteiger partial charge in [-0.25, -0.2) is 0 Å². The fraction of sp³-hybridized carbons (Fsp3) is 0.684. The quantitative estimate of drug-likeness (QED) is 0.710. The van der Waals surface area contributed by atoms with Gasteiger partial charge in [0.05, 0.1) is 13.2 Å². The molecule has 23 heavy (non-hydrogen) atoms. The van der Waals surface area contributed by atoms with Gasteiger partial charge >= 0.3 is 0 Å². The maximum atomic E-state index is 5.45. The van der Waals surface area contributed by atoms with Crippen LogP contribution < -0.4 is 0 Å². The van der Waals surface area contributed by atoms with Crippen LogP contribution in [0.3, 0.4) is 0 Å². The minimum absolute atomic E-state index is 0.794. The number of rotatable bonds is 7. The molecule has 3 rings (SSSR count). The van der Waals surface area contributed by atoms with Crippen molar-refractivity contribution in [3.05, 3.63) is 30.3 Å². The fourth-order valence-corrected chi connectivity index (χ4v) is 4.55. The highest BCUT2D eigenvalue weighted by Crippen LogP contribution is 2.22. The van der Waals surface area contributed by atoms with Gasteiger partial charge in [0.2, 0.25) is 0 Å². The Labute approximate surface area is 145 Å². The molecule has 0 radical (unpaired) electrons. The van der Waals surface area contributed by atoms with Crippen molar-refractivity contribution in [2.45, 2.75) is 36.6 Å². The summed E-state index contributed by atoms with van der Waals surface area (Å²) in [4.78, 5) is 6.73. The summed E-state index contributed by atoms with van der Waals surface area (Å²) in [5.74, 6) is 1.21. The molecule has 0 amide bonds. The molecule has 1 atom stereocenters. The third-order valence-electron chi connectivity index (χ3n) is 5.02. The first-order chi connectivity index (χ1) is 11.4. The van der Waals surface area contributed by atoms with E-state index in [0.717, 1.165) is 32.3 Å². The summed E-state index contributed by atoms with van der Waals surface area (Å²) < 4.78 is 5.45. The van der Waals surface area contributed by atoms with Gasteiger partial charge in [-0.2, -0.15) is 0 Å². The second-order valence-electron chi connectivity index (χ2n) is 6.59. The monoisotopic (exact) mass is 334 g/mol. The largest absolute Gasteiger partial charge is 0.379 e. The molecule has 2 aliphatic rings. The van der Waals surface area contributed by atoms with Crippen LogP contribution in [0.2, 0.25) is 0 Å². The van der Waals surface area contributed by atoms with Crippen molar-refractivity contribution in [1.82, 2.24) is 9.80 Å². The lowest BCUT2D eigenvalue weighted by Crippen LogP contribution is -2.44. The van der Waals surface area contributed by atoms with Crippen LogP contribution in [0.5, 0.6) is 0 Å². The van der Waals surface area contributed by atoms with Crippen LogP contribution in [0, 0.1) is 0 Å². The zero-order valence-electron chi connectivity index (χ0n) is 14.2. The molecule has 128 valence electrons. The number of thioether (sulfide) groups is 1. The molecule has 0 spiro atoms. The summed E-state index contributed by atoms with van der Waals surface area (Å²) in [5.41, 5.74) is 0. The molecule has 4 heteroatoms. The van der Waals surface area contributed by atoms with Crippen LogP contribution >= 0.6 is 11.8 Å². The predicted molar refractivity (Wildman–Crippen MR) is 98.3 cm³/mol. The average Bonchev–Trinajstić information content (AvgIpc) is 2.63. The predicted octanol–water partition coefficient (Wildman–Crippen LogP) is 3.36. The highest BCUT2D eigenvalue weighted by Gasteiger charge is 2.23. The van der Waals surface area contributed by atoms with E-state index >= 15 is 0 Å². The van der Waals surface area contributed by atoms with Crippen LogP contribution in [-0.2, 0) is 4.74 Å². The number of hydrogen-bond donors (Lipinski definition) is 0. The van der Waals surface area contributed by atoms with Crippen molar-refractivity contribution in [1.29, 1.82) is 0 Å². The van der Waals surface area contributed by atoms with E-state index in [4.69, 9.17) is 4.74 Å². The first-order valence-electron chi connectivity index (χ1n) is 9.14. The maximum Gasteiger partial charge on any atom is 0.0594 e. The Morgan fingerprint density at radius 2 is 1.83 bits per heavy atom. The van der Waals surface area contributed by atoms with Crippen molar-refractivity contribution in [2.24, 2.45) is 0 Å². The van der Waals surface area contributed by atoms with Gasteiger partial charge in [-0.05, 0) is 44.5 Å². The molecule has 3 nitrogen and oxygen atoms in total.